The maximum absolute atomic E-state index is 13.2. The van der Waals surface area contributed by atoms with Crippen LogP contribution in [-0.4, -0.2) is 40.8 Å². The highest BCUT2D eigenvalue weighted by atomic mass is 19.1. The molecule has 0 spiro atoms. The fourth-order valence-electron chi connectivity index (χ4n) is 2.54. The van der Waals surface area contributed by atoms with Crippen LogP contribution in [0.4, 0.5) is 9.18 Å². The molecule has 1 aliphatic heterocycles. The van der Waals surface area contributed by atoms with Gasteiger partial charge in [0.25, 0.3) is 5.91 Å². The van der Waals surface area contributed by atoms with Crippen molar-refractivity contribution in [2.24, 2.45) is 0 Å². The number of amides is 4. The average molecular weight is 342 g/mol. The maximum atomic E-state index is 13.2. The highest BCUT2D eigenvalue weighted by molar-refractivity contribution is 6.04. The molecule has 128 valence electrons. The van der Waals surface area contributed by atoms with E-state index in [1.54, 1.807) is 36.7 Å². The zero-order chi connectivity index (χ0) is 17.8. The van der Waals surface area contributed by atoms with E-state index in [4.69, 9.17) is 0 Å². The number of halogens is 1. The molecule has 1 aromatic heterocycles. The highest BCUT2D eigenvalue weighted by Crippen LogP contribution is 2.22. The second-order valence-electron chi connectivity index (χ2n) is 5.47. The number of imide groups is 1. The summed E-state index contributed by atoms with van der Waals surface area (Å²) < 4.78 is 13.2. The molecule has 7 nitrogen and oxygen atoms in total. The molecular formula is C17H15FN4O3. The highest BCUT2D eigenvalue weighted by Gasteiger charge is 2.30. The van der Waals surface area contributed by atoms with Crippen molar-refractivity contribution in [3.8, 4) is 0 Å². The molecule has 3 rings (SSSR count). The van der Waals surface area contributed by atoms with Gasteiger partial charge in [-0.3, -0.25) is 19.5 Å². The molecule has 2 aromatic rings. The molecule has 0 aliphatic carbocycles. The monoisotopic (exact) mass is 342 g/mol. The van der Waals surface area contributed by atoms with E-state index in [0.29, 0.717) is 5.56 Å². The van der Waals surface area contributed by atoms with Crippen molar-refractivity contribution in [1.29, 1.82) is 0 Å². The number of aromatic nitrogens is 1. The molecule has 0 radical (unpaired) electrons. The first-order valence-corrected chi connectivity index (χ1v) is 7.57. The first-order chi connectivity index (χ1) is 12.0. The Hall–Kier alpha value is -3.29. The zero-order valence-corrected chi connectivity index (χ0v) is 13.1. The van der Waals surface area contributed by atoms with Crippen LogP contribution < -0.4 is 10.6 Å². The van der Waals surface area contributed by atoms with E-state index in [9.17, 15) is 18.8 Å². The molecule has 1 aliphatic rings. The zero-order valence-electron chi connectivity index (χ0n) is 13.1. The van der Waals surface area contributed by atoms with Gasteiger partial charge in [-0.1, -0.05) is 12.1 Å². The van der Waals surface area contributed by atoms with Crippen LogP contribution in [0, 0.1) is 5.82 Å². The number of urea groups is 1. The molecule has 4 amide bonds. The molecule has 1 saturated heterocycles. The second kappa shape index (κ2) is 7.08. The summed E-state index contributed by atoms with van der Waals surface area (Å²) in [6.07, 6.45) is 3.16. The van der Waals surface area contributed by atoms with Crippen molar-refractivity contribution < 1.29 is 18.8 Å². The van der Waals surface area contributed by atoms with E-state index >= 15 is 0 Å². The van der Waals surface area contributed by atoms with Crippen molar-refractivity contribution in [3.05, 3.63) is 65.7 Å². The van der Waals surface area contributed by atoms with Gasteiger partial charge in [-0.2, -0.15) is 0 Å². The van der Waals surface area contributed by atoms with Gasteiger partial charge in [0.2, 0.25) is 5.91 Å². The summed E-state index contributed by atoms with van der Waals surface area (Å²) in [6, 6.07) is 8.02. The normalized spacial score (nSPS) is 15.0. The summed E-state index contributed by atoms with van der Waals surface area (Å²) in [6.45, 7) is -0.495. The van der Waals surface area contributed by atoms with Crippen molar-refractivity contribution >= 4 is 17.8 Å². The van der Waals surface area contributed by atoms with Crippen LogP contribution in [0.5, 0.6) is 0 Å². The predicted molar refractivity (Wildman–Crippen MR) is 85.7 cm³/mol. The molecule has 2 N–H and O–H groups in total. The first kappa shape index (κ1) is 16.6. The lowest BCUT2D eigenvalue weighted by Gasteiger charge is -2.21. The van der Waals surface area contributed by atoms with Gasteiger partial charge in [0.05, 0.1) is 12.6 Å². The van der Waals surface area contributed by atoms with Crippen LogP contribution in [0.3, 0.4) is 0 Å². The molecule has 25 heavy (non-hydrogen) atoms. The fraction of sp³-hybridized carbons (Fsp3) is 0.176. The SMILES string of the molecule is O=C(CN1C(=O)CNC1=O)N[C@@H](c1ccncc1)c1ccc(F)cc1. The maximum Gasteiger partial charge on any atom is 0.325 e. The van der Waals surface area contributed by atoms with Crippen LogP contribution in [0.25, 0.3) is 0 Å². The van der Waals surface area contributed by atoms with Crippen LogP contribution in [0.15, 0.2) is 48.8 Å². The lowest BCUT2D eigenvalue weighted by atomic mass is 9.99. The molecule has 2 heterocycles. The van der Waals surface area contributed by atoms with E-state index < -0.39 is 23.9 Å². The smallest absolute Gasteiger partial charge is 0.325 e. The number of hydrogen-bond donors (Lipinski definition) is 2. The Labute approximate surface area is 142 Å². The minimum absolute atomic E-state index is 0.113. The Balaban J connectivity index is 1.80. The average Bonchev–Trinajstić information content (AvgIpc) is 2.93. The number of rotatable bonds is 5. The van der Waals surface area contributed by atoms with Gasteiger partial charge in [0.15, 0.2) is 0 Å². The summed E-state index contributed by atoms with van der Waals surface area (Å²) in [4.78, 5) is 40.3. The van der Waals surface area contributed by atoms with Crippen LogP contribution >= 0.6 is 0 Å². The number of pyridine rings is 1. The van der Waals surface area contributed by atoms with E-state index in [1.165, 1.54) is 12.1 Å². The van der Waals surface area contributed by atoms with Gasteiger partial charge in [-0.05, 0) is 35.4 Å². The van der Waals surface area contributed by atoms with E-state index in [1.807, 2.05) is 0 Å². The van der Waals surface area contributed by atoms with Crippen LogP contribution in [0.1, 0.15) is 17.2 Å². The van der Waals surface area contributed by atoms with Crippen LogP contribution in [0.2, 0.25) is 0 Å². The summed E-state index contributed by atoms with van der Waals surface area (Å²) in [5.41, 5.74) is 1.41. The molecule has 0 unspecified atom stereocenters. The van der Waals surface area contributed by atoms with Crippen molar-refractivity contribution in [2.45, 2.75) is 6.04 Å². The van der Waals surface area contributed by atoms with E-state index in [2.05, 4.69) is 15.6 Å². The molecule has 1 fully saturated rings. The Morgan fingerprint density at radius 2 is 1.80 bits per heavy atom. The largest absolute Gasteiger partial charge is 0.344 e. The summed E-state index contributed by atoms with van der Waals surface area (Å²) in [7, 11) is 0. The Morgan fingerprint density at radius 3 is 2.40 bits per heavy atom. The Morgan fingerprint density at radius 1 is 1.16 bits per heavy atom. The standard InChI is InChI=1S/C17H15FN4O3/c18-13-3-1-11(2-4-13)16(12-5-7-19-8-6-12)21-14(23)10-22-15(24)9-20-17(22)25/h1-8,16H,9-10H2,(H,20,25)(H,21,23)/t16-/m1/s1. The predicted octanol–water partition coefficient (Wildman–Crippen LogP) is 0.978. The lowest BCUT2D eigenvalue weighted by Crippen LogP contribution is -2.42. The van der Waals surface area contributed by atoms with Gasteiger partial charge in [0, 0.05) is 12.4 Å². The fourth-order valence-corrected chi connectivity index (χ4v) is 2.54. The Kier molecular flexibility index (Phi) is 4.69. The molecular weight excluding hydrogens is 327 g/mol. The third-order valence-electron chi connectivity index (χ3n) is 3.79. The van der Waals surface area contributed by atoms with Crippen molar-refractivity contribution in [1.82, 2.24) is 20.5 Å². The third-order valence-corrected chi connectivity index (χ3v) is 3.79. The number of carbonyl (C=O) groups excluding carboxylic acids is 3. The second-order valence-corrected chi connectivity index (χ2v) is 5.47. The number of benzene rings is 1. The molecule has 1 aromatic carbocycles. The van der Waals surface area contributed by atoms with Gasteiger partial charge >= 0.3 is 6.03 Å². The summed E-state index contributed by atoms with van der Waals surface area (Å²) in [5.74, 6) is -1.35. The van der Waals surface area contributed by atoms with Gasteiger partial charge in [-0.15, -0.1) is 0 Å². The quantitative estimate of drug-likeness (QED) is 0.793. The number of hydrogen-bond acceptors (Lipinski definition) is 4. The minimum atomic E-state index is -0.595. The lowest BCUT2D eigenvalue weighted by molar-refractivity contribution is -0.130. The number of nitrogens with zero attached hydrogens (tertiary/aromatic N) is 2. The van der Waals surface area contributed by atoms with Gasteiger partial charge < -0.3 is 10.6 Å². The van der Waals surface area contributed by atoms with Crippen LogP contribution in [-0.2, 0) is 9.59 Å². The molecule has 8 heteroatoms. The molecule has 0 saturated carbocycles. The molecule has 0 bridgehead atoms. The van der Waals surface area contributed by atoms with Gasteiger partial charge in [0.1, 0.15) is 12.4 Å². The van der Waals surface area contributed by atoms with E-state index in [-0.39, 0.29) is 18.9 Å². The Bertz CT molecular complexity index is 779. The van der Waals surface area contributed by atoms with E-state index in [0.717, 1.165) is 10.5 Å². The first-order valence-electron chi connectivity index (χ1n) is 7.57. The number of nitrogens with one attached hydrogen (secondary N) is 2. The summed E-state index contributed by atoms with van der Waals surface area (Å²) >= 11 is 0. The van der Waals surface area contributed by atoms with Crippen molar-refractivity contribution in [3.63, 3.8) is 0 Å². The molecule has 1 atom stereocenters. The topological polar surface area (TPSA) is 91.4 Å². The summed E-state index contributed by atoms with van der Waals surface area (Å²) in [5, 5.41) is 5.13. The van der Waals surface area contributed by atoms with Gasteiger partial charge in [-0.25, -0.2) is 9.18 Å². The van der Waals surface area contributed by atoms with Crippen molar-refractivity contribution in [2.75, 3.05) is 13.1 Å². The third kappa shape index (κ3) is 3.79. The minimum Gasteiger partial charge on any atom is -0.344 e. The number of carbonyl (C=O) groups is 3.